The normalized spacial score (nSPS) is 19.4. The van der Waals surface area contributed by atoms with Gasteiger partial charge in [-0.3, -0.25) is 19.3 Å². The monoisotopic (exact) mass is 527 g/mol. The van der Waals surface area contributed by atoms with Gasteiger partial charge in [0.05, 0.1) is 24.9 Å². The van der Waals surface area contributed by atoms with E-state index >= 15 is 0 Å². The van der Waals surface area contributed by atoms with Crippen LogP contribution in [0.5, 0.6) is 5.75 Å². The van der Waals surface area contributed by atoms with Crippen LogP contribution in [0, 0.1) is 6.92 Å². The highest BCUT2D eigenvalue weighted by atomic mass is 19.4. The summed E-state index contributed by atoms with van der Waals surface area (Å²) in [6.07, 6.45) is -1.11. The fourth-order valence-corrected chi connectivity index (χ4v) is 5.10. The van der Waals surface area contributed by atoms with E-state index in [1.165, 1.54) is 18.2 Å². The van der Waals surface area contributed by atoms with Crippen LogP contribution < -0.4 is 10.1 Å². The number of rotatable bonds is 7. The van der Waals surface area contributed by atoms with E-state index in [-0.39, 0.29) is 18.2 Å². The Morgan fingerprint density at radius 3 is 2.58 bits per heavy atom. The number of aromatic nitrogens is 3. The summed E-state index contributed by atoms with van der Waals surface area (Å²) in [7, 11) is 1.54. The zero-order chi connectivity index (χ0) is 27.0. The number of alkyl halides is 3. The lowest BCUT2D eigenvalue weighted by Gasteiger charge is -2.31. The van der Waals surface area contributed by atoms with Crippen molar-refractivity contribution >= 4 is 11.8 Å². The van der Waals surface area contributed by atoms with Crippen molar-refractivity contribution in [3.05, 3.63) is 76.9 Å². The van der Waals surface area contributed by atoms with Crippen molar-refractivity contribution in [2.75, 3.05) is 13.7 Å². The highest BCUT2D eigenvalue weighted by Crippen LogP contribution is 2.42. The number of benzene rings is 1. The average Bonchev–Trinajstić information content (AvgIpc) is 3.52. The molecule has 3 aromatic rings. The largest absolute Gasteiger partial charge is 0.496 e. The minimum absolute atomic E-state index is 0.0117. The molecule has 3 heterocycles. The molecule has 0 unspecified atom stereocenters. The zero-order valence-electron chi connectivity index (χ0n) is 21.0. The van der Waals surface area contributed by atoms with Gasteiger partial charge < -0.3 is 15.0 Å². The molecule has 1 saturated carbocycles. The van der Waals surface area contributed by atoms with Gasteiger partial charge in [0.2, 0.25) is 5.91 Å². The molecule has 2 atom stereocenters. The standard InChI is InChI=1S/C27H28F3N5O3/c1-16-18(6-5-8-22(16)38-2)25-19(32-26(37)20-7-3-4-12-31-20)11-13-34(25)24(36)15-35-23(27(28,29)30)14-21(33-35)17-9-10-17/h3-8,12,14,17,19,25H,9-11,13,15H2,1-2H3,(H,32,37)/t19-,25-/m1/s1. The number of carbonyl (C=O) groups is 2. The third-order valence-electron chi connectivity index (χ3n) is 7.17. The molecule has 38 heavy (non-hydrogen) atoms. The second-order valence-electron chi connectivity index (χ2n) is 9.67. The molecule has 0 radical (unpaired) electrons. The quantitative estimate of drug-likeness (QED) is 0.496. The number of halogens is 3. The maximum Gasteiger partial charge on any atom is 0.433 e. The van der Waals surface area contributed by atoms with Gasteiger partial charge in [-0.2, -0.15) is 18.3 Å². The second kappa shape index (κ2) is 10.1. The Labute approximate surface area is 217 Å². The van der Waals surface area contributed by atoms with E-state index in [0.29, 0.717) is 17.9 Å². The number of nitrogens with zero attached hydrogens (tertiary/aromatic N) is 4. The van der Waals surface area contributed by atoms with Crippen LogP contribution >= 0.6 is 0 Å². The molecule has 0 bridgehead atoms. The van der Waals surface area contributed by atoms with Crippen molar-refractivity contribution < 1.29 is 27.5 Å². The Kier molecular flexibility index (Phi) is 6.85. The van der Waals surface area contributed by atoms with Gasteiger partial charge in [0.1, 0.15) is 23.7 Å². The minimum Gasteiger partial charge on any atom is -0.496 e. The van der Waals surface area contributed by atoms with Crippen molar-refractivity contribution in [2.45, 2.75) is 56.9 Å². The van der Waals surface area contributed by atoms with Crippen LogP contribution in [-0.2, 0) is 17.5 Å². The molecule has 2 aromatic heterocycles. The number of hydrogen-bond acceptors (Lipinski definition) is 5. The number of likely N-dealkylation sites (tertiary alicyclic amines) is 1. The molecule has 200 valence electrons. The van der Waals surface area contributed by atoms with Crippen LogP contribution in [0.15, 0.2) is 48.7 Å². The molecule has 2 aliphatic rings. The van der Waals surface area contributed by atoms with E-state index in [0.717, 1.165) is 34.7 Å². The first-order valence-corrected chi connectivity index (χ1v) is 12.5. The van der Waals surface area contributed by atoms with E-state index in [4.69, 9.17) is 4.74 Å². The van der Waals surface area contributed by atoms with E-state index in [1.54, 1.807) is 30.3 Å². The summed E-state index contributed by atoms with van der Waals surface area (Å²) in [6.45, 7) is 1.55. The highest BCUT2D eigenvalue weighted by Gasteiger charge is 2.42. The Hall–Kier alpha value is -3.89. The first-order chi connectivity index (χ1) is 18.2. The molecule has 1 aromatic carbocycles. The molecular formula is C27H28F3N5O3. The molecule has 1 N–H and O–H groups in total. The molecule has 5 rings (SSSR count). The number of hydrogen-bond donors (Lipinski definition) is 1. The van der Waals surface area contributed by atoms with E-state index < -0.39 is 42.3 Å². The van der Waals surface area contributed by atoms with Crippen molar-refractivity contribution in [3.8, 4) is 5.75 Å². The number of methoxy groups -OCH3 is 1. The summed E-state index contributed by atoms with van der Waals surface area (Å²) in [5.74, 6) is -0.284. The summed E-state index contributed by atoms with van der Waals surface area (Å²) in [4.78, 5) is 32.1. The van der Waals surface area contributed by atoms with Gasteiger partial charge in [0.15, 0.2) is 0 Å². The molecule has 2 amide bonds. The first-order valence-electron chi connectivity index (χ1n) is 12.5. The predicted molar refractivity (Wildman–Crippen MR) is 131 cm³/mol. The third-order valence-corrected chi connectivity index (χ3v) is 7.17. The van der Waals surface area contributed by atoms with Gasteiger partial charge in [0.25, 0.3) is 5.91 Å². The van der Waals surface area contributed by atoms with E-state index in [9.17, 15) is 22.8 Å². The zero-order valence-corrected chi connectivity index (χ0v) is 21.0. The smallest absolute Gasteiger partial charge is 0.433 e. The SMILES string of the molecule is COc1cccc([C@@H]2[C@H](NC(=O)c3ccccn3)CCN2C(=O)Cn2nc(C3CC3)cc2C(F)(F)F)c1C. The Morgan fingerprint density at radius 1 is 1.13 bits per heavy atom. The van der Waals surface area contributed by atoms with Crippen LogP contribution in [0.4, 0.5) is 13.2 Å². The van der Waals surface area contributed by atoms with Crippen LogP contribution in [0.1, 0.15) is 64.2 Å². The fraction of sp³-hybridized carbons (Fsp3) is 0.407. The summed E-state index contributed by atoms with van der Waals surface area (Å²) in [6, 6.07) is 10.4. The third kappa shape index (κ3) is 5.09. The van der Waals surface area contributed by atoms with Gasteiger partial charge in [-0.25, -0.2) is 0 Å². The number of pyridine rings is 1. The summed E-state index contributed by atoms with van der Waals surface area (Å²) in [5, 5.41) is 7.13. The summed E-state index contributed by atoms with van der Waals surface area (Å²) < 4.78 is 47.5. The lowest BCUT2D eigenvalue weighted by atomic mass is 9.95. The van der Waals surface area contributed by atoms with Crippen LogP contribution in [-0.4, -0.2) is 51.2 Å². The molecule has 2 fully saturated rings. The van der Waals surface area contributed by atoms with Gasteiger partial charge in [-0.05, 0) is 61.6 Å². The molecule has 1 saturated heterocycles. The summed E-state index contributed by atoms with van der Waals surface area (Å²) in [5.41, 5.74) is 1.20. The highest BCUT2D eigenvalue weighted by molar-refractivity contribution is 5.92. The van der Waals surface area contributed by atoms with Crippen LogP contribution in [0.25, 0.3) is 0 Å². The van der Waals surface area contributed by atoms with Crippen molar-refractivity contribution in [3.63, 3.8) is 0 Å². The number of ether oxygens (including phenoxy) is 1. The van der Waals surface area contributed by atoms with Gasteiger partial charge in [-0.15, -0.1) is 0 Å². The van der Waals surface area contributed by atoms with Gasteiger partial charge >= 0.3 is 6.18 Å². The molecule has 0 spiro atoms. The predicted octanol–water partition coefficient (Wildman–Crippen LogP) is 4.26. The molecule has 8 nitrogen and oxygen atoms in total. The van der Waals surface area contributed by atoms with Gasteiger partial charge in [0, 0.05) is 18.7 Å². The molecule has 11 heteroatoms. The van der Waals surface area contributed by atoms with Crippen molar-refractivity contribution in [2.24, 2.45) is 0 Å². The second-order valence-corrected chi connectivity index (χ2v) is 9.67. The Bertz CT molecular complexity index is 1340. The lowest BCUT2D eigenvalue weighted by Crippen LogP contribution is -2.42. The van der Waals surface area contributed by atoms with Crippen molar-refractivity contribution in [1.29, 1.82) is 0 Å². The van der Waals surface area contributed by atoms with Crippen LogP contribution in [0.2, 0.25) is 0 Å². The minimum atomic E-state index is -4.63. The molecule has 1 aliphatic heterocycles. The average molecular weight is 528 g/mol. The fourth-order valence-electron chi connectivity index (χ4n) is 5.10. The first kappa shape index (κ1) is 25.7. The lowest BCUT2D eigenvalue weighted by molar-refractivity contribution is -0.146. The molecule has 1 aliphatic carbocycles. The Morgan fingerprint density at radius 2 is 1.92 bits per heavy atom. The number of amides is 2. The molecular weight excluding hydrogens is 499 g/mol. The Balaban J connectivity index is 1.46. The number of carbonyl (C=O) groups excluding carboxylic acids is 2. The summed E-state index contributed by atoms with van der Waals surface area (Å²) >= 11 is 0. The van der Waals surface area contributed by atoms with E-state index in [1.807, 2.05) is 13.0 Å². The van der Waals surface area contributed by atoms with Gasteiger partial charge in [-0.1, -0.05) is 18.2 Å². The topological polar surface area (TPSA) is 89.4 Å². The van der Waals surface area contributed by atoms with Crippen molar-refractivity contribution in [1.82, 2.24) is 25.0 Å². The maximum absolute atomic E-state index is 13.8. The van der Waals surface area contributed by atoms with E-state index in [2.05, 4.69) is 15.4 Å². The maximum atomic E-state index is 13.8. The van der Waals surface area contributed by atoms with Crippen LogP contribution in [0.3, 0.4) is 0 Å². The number of nitrogens with one attached hydrogen (secondary N) is 1.